The van der Waals surface area contributed by atoms with Crippen molar-refractivity contribution in [1.29, 1.82) is 0 Å². The molecule has 1 aliphatic rings. The van der Waals surface area contributed by atoms with E-state index in [0.29, 0.717) is 13.1 Å². The third kappa shape index (κ3) is 5.74. The highest BCUT2D eigenvalue weighted by atomic mass is 16.6. The molecule has 1 aromatic carbocycles. The molecule has 0 aliphatic carbocycles. The highest BCUT2D eigenvalue weighted by molar-refractivity contribution is 5.78. The van der Waals surface area contributed by atoms with Crippen molar-refractivity contribution < 1.29 is 14.3 Å². The fourth-order valence-corrected chi connectivity index (χ4v) is 3.15. The van der Waals surface area contributed by atoms with Gasteiger partial charge in [-0.15, -0.1) is 0 Å². The topological polar surface area (TPSA) is 75.9 Å². The summed E-state index contributed by atoms with van der Waals surface area (Å²) in [4.78, 5) is 27.9. The Labute approximate surface area is 149 Å². The van der Waals surface area contributed by atoms with E-state index in [2.05, 4.69) is 0 Å². The minimum Gasteiger partial charge on any atom is -0.445 e. The number of carbonyl (C=O) groups is 2. The van der Waals surface area contributed by atoms with Crippen LogP contribution in [0.25, 0.3) is 0 Å². The number of benzene rings is 1. The Balaban J connectivity index is 1.91. The first-order valence-electron chi connectivity index (χ1n) is 8.96. The standard InChI is InChI=1S/C19H29N3O3/c1-15(2)22(19(24)25-14-16-7-4-3-5-8-16)13-17-9-6-10-21(12-17)18(23)11-20/h3-5,7-8,15,17H,6,9-14,20H2,1-2H3. The first-order valence-corrected chi connectivity index (χ1v) is 8.96. The second kappa shape index (κ2) is 9.42. The SMILES string of the molecule is CC(C)N(CC1CCCN(C(=O)CN)C1)C(=O)OCc1ccccc1. The molecule has 1 aromatic rings. The Kier molecular flexibility index (Phi) is 7.25. The zero-order chi connectivity index (χ0) is 18.2. The van der Waals surface area contributed by atoms with Crippen molar-refractivity contribution in [3.8, 4) is 0 Å². The van der Waals surface area contributed by atoms with Crippen molar-refractivity contribution in [2.75, 3.05) is 26.2 Å². The molecule has 2 amide bonds. The molecule has 1 aliphatic heterocycles. The van der Waals surface area contributed by atoms with Gasteiger partial charge in [0.2, 0.25) is 5.91 Å². The molecule has 1 fully saturated rings. The molecule has 0 bridgehead atoms. The fourth-order valence-electron chi connectivity index (χ4n) is 3.15. The van der Waals surface area contributed by atoms with E-state index in [1.54, 1.807) is 4.90 Å². The van der Waals surface area contributed by atoms with Crippen LogP contribution in [0.4, 0.5) is 4.79 Å². The number of amides is 2. The van der Waals surface area contributed by atoms with E-state index < -0.39 is 0 Å². The number of piperidine rings is 1. The van der Waals surface area contributed by atoms with Gasteiger partial charge in [0.05, 0.1) is 6.54 Å². The van der Waals surface area contributed by atoms with Gasteiger partial charge in [-0.25, -0.2) is 4.79 Å². The van der Waals surface area contributed by atoms with Crippen LogP contribution in [-0.2, 0) is 16.1 Å². The zero-order valence-electron chi connectivity index (χ0n) is 15.2. The predicted molar refractivity (Wildman–Crippen MR) is 96.8 cm³/mol. The number of carbonyl (C=O) groups excluding carboxylic acids is 2. The van der Waals surface area contributed by atoms with Gasteiger partial charge in [0.1, 0.15) is 6.61 Å². The van der Waals surface area contributed by atoms with Crippen molar-refractivity contribution >= 4 is 12.0 Å². The molecule has 0 aromatic heterocycles. The average molecular weight is 347 g/mol. The summed E-state index contributed by atoms with van der Waals surface area (Å²) < 4.78 is 5.47. The lowest BCUT2D eigenvalue weighted by atomic mass is 9.97. The van der Waals surface area contributed by atoms with Gasteiger partial charge in [-0.1, -0.05) is 30.3 Å². The molecule has 6 nitrogen and oxygen atoms in total. The van der Waals surface area contributed by atoms with Gasteiger partial charge in [0.25, 0.3) is 0 Å². The van der Waals surface area contributed by atoms with Crippen molar-refractivity contribution in [2.24, 2.45) is 11.7 Å². The second-order valence-electron chi connectivity index (χ2n) is 6.84. The van der Waals surface area contributed by atoms with Crippen molar-refractivity contribution in [1.82, 2.24) is 9.80 Å². The Hall–Kier alpha value is -2.08. The molecular formula is C19H29N3O3. The summed E-state index contributed by atoms with van der Waals surface area (Å²) in [6.45, 7) is 6.29. The van der Waals surface area contributed by atoms with E-state index >= 15 is 0 Å². The van der Waals surface area contributed by atoms with Crippen LogP contribution in [0.1, 0.15) is 32.3 Å². The summed E-state index contributed by atoms with van der Waals surface area (Å²) in [5.74, 6) is 0.239. The van der Waals surface area contributed by atoms with Gasteiger partial charge < -0.3 is 20.3 Å². The molecule has 6 heteroatoms. The monoisotopic (exact) mass is 347 g/mol. The van der Waals surface area contributed by atoms with Crippen LogP contribution in [0.15, 0.2) is 30.3 Å². The zero-order valence-corrected chi connectivity index (χ0v) is 15.2. The molecule has 1 heterocycles. The van der Waals surface area contributed by atoms with Crippen LogP contribution in [0, 0.1) is 5.92 Å². The number of nitrogens with zero attached hydrogens (tertiary/aromatic N) is 2. The largest absolute Gasteiger partial charge is 0.445 e. The quantitative estimate of drug-likeness (QED) is 0.856. The summed E-state index contributed by atoms with van der Waals surface area (Å²) in [7, 11) is 0. The number of ether oxygens (including phenoxy) is 1. The highest BCUT2D eigenvalue weighted by Crippen LogP contribution is 2.19. The fraction of sp³-hybridized carbons (Fsp3) is 0.579. The minimum atomic E-state index is -0.305. The molecular weight excluding hydrogens is 318 g/mol. The molecule has 25 heavy (non-hydrogen) atoms. The Morgan fingerprint density at radius 3 is 2.68 bits per heavy atom. The van der Waals surface area contributed by atoms with Crippen LogP contribution < -0.4 is 5.73 Å². The van der Waals surface area contributed by atoms with Crippen molar-refractivity contribution in [3.05, 3.63) is 35.9 Å². The van der Waals surface area contributed by atoms with E-state index in [1.165, 1.54) is 0 Å². The summed E-state index contributed by atoms with van der Waals surface area (Å²) in [5, 5.41) is 0. The van der Waals surface area contributed by atoms with E-state index in [4.69, 9.17) is 10.5 Å². The summed E-state index contributed by atoms with van der Waals surface area (Å²) in [5.41, 5.74) is 6.43. The van der Waals surface area contributed by atoms with E-state index in [1.807, 2.05) is 49.1 Å². The van der Waals surface area contributed by atoms with Gasteiger partial charge in [-0.2, -0.15) is 0 Å². The maximum atomic E-state index is 12.5. The van der Waals surface area contributed by atoms with Crippen LogP contribution in [-0.4, -0.2) is 54.0 Å². The van der Waals surface area contributed by atoms with Gasteiger partial charge in [0.15, 0.2) is 0 Å². The lowest BCUT2D eigenvalue weighted by Gasteiger charge is -2.36. The molecule has 1 unspecified atom stereocenters. The van der Waals surface area contributed by atoms with Crippen molar-refractivity contribution in [2.45, 2.75) is 39.3 Å². The molecule has 1 atom stereocenters. The Morgan fingerprint density at radius 2 is 2.04 bits per heavy atom. The number of rotatable bonds is 6. The molecule has 2 rings (SSSR count). The van der Waals surface area contributed by atoms with Gasteiger partial charge in [-0.3, -0.25) is 4.79 Å². The van der Waals surface area contributed by atoms with Crippen LogP contribution in [0.5, 0.6) is 0 Å². The number of nitrogens with two attached hydrogens (primary N) is 1. The lowest BCUT2D eigenvalue weighted by Crippen LogP contribution is -2.48. The van der Waals surface area contributed by atoms with Gasteiger partial charge >= 0.3 is 6.09 Å². The third-order valence-electron chi connectivity index (χ3n) is 4.56. The summed E-state index contributed by atoms with van der Waals surface area (Å²) in [6.07, 6.45) is 1.64. The maximum absolute atomic E-state index is 12.5. The lowest BCUT2D eigenvalue weighted by molar-refractivity contribution is -0.131. The van der Waals surface area contributed by atoms with Gasteiger partial charge in [-0.05, 0) is 38.2 Å². The van der Waals surface area contributed by atoms with Crippen LogP contribution in [0.2, 0.25) is 0 Å². The molecule has 0 spiro atoms. The first kappa shape index (κ1) is 19.2. The Bertz CT molecular complexity index is 562. The number of likely N-dealkylation sites (tertiary alicyclic amines) is 1. The third-order valence-corrected chi connectivity index (χ3v) is 4.56. The molecule has 2 N–H and O–H groups in total. The first-order chi connectivity index (χ1) is 12.0. The maximum Gasteiger partial charge on any atom is 0.410 e. The Morgan fingerprint density at radius 1 is 1.32 bits per heavy atom. The predicted octanol–water partition coefficient (Wildman–Crippen LogP) is 2.23. The van der Waals surface area contributed by atoms with Crippen molar-refractivity contribution in [3.63, 3.8) is 0 Å². The van der Waals surface area contributed by atoms with E-state index in [9.17, 15) is 9.59 Å². The van der Waals surface area contributed by atoms with Crippen LogP contribution in [0.3, 0.4) is 0 Å². The summed E-state index contributed by atoms with van der Waals surface area (Å²) >= 11 is 0. The summed E-state index contributed by atoms with van der Waals surface area (Å²) in [6, 6.07) is 9.70. The number of hydrogen-bond donors (Lipinski definition) is 1. The average Bonchev–Trinajstić information content (AvgIpc) is 2.64. The molecule has 138 valence electrons. The van der Waals surface area contributed by atoms with E-state index in [0.717, 1.165) is 24.9 Å². The minimum absolute atomic E-state index is 0.0209. The molecule has 1 saturated heterocycles. The molecule has 0 saturated carbocycles. The second-order valence-corrected chi connectivity index (χ2v) is 6.84. The normalized spacial score (nSPS) is 17.4. The van der Waals surface area contributed by atoms with E-state index in [-0.39, 0.29) is 37.1 Å². The highest BCUT2D eigenvalue weighted by Gasteiger charge is 2.28. The number of hydrogen-bond acceptors (Lipinski definition) is 4. The molecule has 0 radical (unpaired) electrons. The van der Waals surface area contributed by atoms with Gasteiger partial charge in [0, 0.05) is 25.7 Å². The smallest absolute Gasteiger partial charge is 0.410 e. The van der Waals surface area contributed by atoms with Crippen LogP contribution >= 0.6 is 0 Å².